The molecule has 2 aliphatic rings. The predicted octanol–water partition coefficient (Wildman–Crippen LogP) is 10.3. The fourth-order valence-electron chi connectivity index (χ4n) is 5.44. The Balaban J connectivity index is 1.73. The van der Waals surface area contributed by atoms with Gasteiger partial charge in [-0.05, 0) is 82.7 Å². The second kappa shape index (κ2) is 12.0. The molecule has 0 N–H and O–H groups in total. The Kier molecular flexibility index (Phi) is 9.27. The average Bonchev–Trinajstić information content (AvgIpc) is 3.43. The monoisotopic (exact) mass is 570 g/mol. The second-order valence-electron chi connectivity index (χ2n) is 16.0. The van der Waals surface area contributed by atoms with Gasteiger partial charge in [-0.25, -0.2) is 0 Å². The van der Waals surface area contributed by atoms with Gasteiger partial charge in [0.25, 0.3) is 0 Å². The molecular formula is C38H58N4. The van der Waals surface area contributed by atoms with E-state index in [0.717, 1.165) is 51.9 Å². The first-order chi connectivity index (χ1) is 19.5. The molecule has 2 aliphatic heterocycles. The van der Waals surface area contributed by atoms with Crippen molar-refractivity contribution in [1.29, 1.82) is 0 Å². The third kappa shape index (κ3) is 7.22. The van der Waals surface area contributed by atoms with E-state index in [4.69, 9.17) is 0 Å². The summed E-state index contributed by atoms with van der Waals surface area (Å²) in [6.45, 7) is 39.4. The van der Waals surface area contributed by atoms with E-state index in [9.17, 15) is 0 Å². The lowest BCUT2D eigenvalue weighted by Crippen LogP contribution is -2.36. The number of nitrogens with zero attached hydrogens (tertiary/aromatic N) is 4. The van der Waals surface area contributed by atoms with Gasteiger partial charge in [-0.15, -0.1) is 0 Å². The van der Waals surface area contributed by atoms with Gasteiger partial charge in [0.2, 0.25) is 13.3 Å². The van der Waals surface area contributed by atoms with Crippen LogP contribution in [0.2, 0.25) is 0 Å². The molecule has 0 spiro atoms. The Morgan fingerprint density at radius 2 is 0.690 bits per heavy atom. The van der Waals surface area contributed by atoms with Gasteiger partial charge in [0.1, 0.15) is 0 Å². The van der Waals surface area contributed by atoms with Crippen molar-refractivity contribution in [3.8, 4) is 11.1 Å². The zero-order chi connectivity index (χ0) is 31.1. The average molecular weight is 571 g/mol. The van der Waals surface area contributed by atoms with Gasteiger partial charge in [0.05, 0.1) is 22.7 Å². The van der Waals surface area contributed by atoms with Crippen LogP contribution in [-0.4, -0.2) is 26.2 Å². The molecule has 42 heavy (non-hydrogen) atoms. The molecule has 4 heteroatoms. The fourth-order valence-corrected chi connectivity index (χ4v) is 5.44. The van der Waals surface area contributed by atoms with E-state index in [-0.39, 0.29) is 21.7 Å². The van der Waals surface area contributed by atoms with Crippen molar-refractivity contribution in [3.05, 3.63) is 49.7 Å². The van der Waals surface area contributed by atoms with Crippen LogP contribution in [-0.2, 0) is 0 Å². The highest BCUT2D eigenvalue weighted by molar-refractivity contribution is 5.88. The Bertz CT molecular complexity index is 1130. The smallest absolute Gasteiger partial charge is 0.208 e. The van der Waals surface area contributed by atoms with Gasteiger partial charge >= 0.3 is 0 Å². The fraction of sp³-hybridized carbons (Fsp3) is 0.632. The van der Waals surface area contributed by atoms with Crippen molar-refractivity contribution >= 4 is 22.7 Å². The first-order valence-corrected chi connectivity index (χ1v) is 16.4. The maximum Gasteiger partial charge on any atom is 0.208 e. The predicted molar refractivity (Wildman–Crippen MR) is 184 cm³/mol. The summed E-state index contributed by atoms with van der Waals surface area (Å²) in [5, 5.41) is 0. The Morgan fingerprint density at radius 1 is 0.429 bits per heavy atom. The first kappa shape index (κ1) is 32.6. The highest BCUT2D eigenvalue weighted by Gasteiger charge is 2.36. The topological polar surface area (TPSA) is 13.0 Å². The third-order valence-electron chi connectivity index (χ3n) is 10.1. The molecule has 0 fully saturated rings. The lowest BCUT2D eigenvalue weighted by molar-refractivity contribution is 0.348. The van der Waals surface area contributed by atoms with Gasteiger partial charge in [-0.1, -0.05) is 95.2 Å². The summed E-state index contributed by atoms with van der Waals surface area (Å²) in [6, 6.07) is 14.1. The molecule has 0 saturated carbocycles. The summed E-state index contributed by atoms with van der Waals surface area (Å²) in [5.41, 5.74) is 8.47. The van der Waals surface area contributed by atoms with Crippen molar-refractivity contribution < 1.29 is 0 Å². The van der Waals surface area contributed by atoms with Crippen LogP contribution in [0.3, 0.4) is 0 Å². The van der Waals surface area contributed by atoms with Gasteiger partial charge < -0.3 is 19.6 Å². The van der Waals surface area contributed by atoms with Crippen molar-refractivity contribution in [1.82, 2.24) is 0 Å². The van der Waals surface area contributed by atoms with Crippen LogP contribution in [0, 0.1) is 35.0 Å². The van der Waals surface area contributed by atoms with E-state index in [0.29, 0.717) is 0 Å². The van der Waals surface area contributed by atoms with Crippen molar-refractivity contribution in [3.63, 3.8) is 0 Å². The number of hydrogen-bond donors (Lipinski definition) is 0. The van der Waals surface area contributed by atoms with Gasteiger partial charge in [-0.3, -0.25) is 0 Å². The minimum atomic E-state index is 0.206. The summed E-state index contributed by atoms with van der Waals surface area (Å²) >= 11 is 0. The molecular weight excluding hydrogens is 512 g/mol. The molecule has 2 aromatic carbocycles. The molecule has 4 rings (SSSR count). The maximum absolute atomic E-state index is 3.77. The molecule has 0 aliphatic carbocycles. The molecule has 4 radical (unpaired) electrons. The largest absolute Gasteiger partial charge is 0.339 e. The molecule has 2 heterocycles. The molecule has 0 aromatic heterocycles. The van der Waals surface area contributed by atoms with Crippen LogP contribution in [0.1, 0.15) is 109 Å². The van der Waals surface area contributed by atoms with E-state index < -0.39 is 0 Å². The molecule has 0 atom stereocenters. The van der Waals surface area contributed by atoms with E-state index in [1.54, 1.807) is 0 Å². The summed E-state index contributed by atoms with van der Waals surface area (Å²) in [5.74, 6) is 0. The molecule has 2 aromatic rings. The number of fused-ring (bicyclic) bond motifs is 2. The molecule has 0 bridgehead atoms. The lowest BCUT2D eigenvalue weighted by atomic mass is 9.89. The zero-order valence-corrected chi connectivity index (χ0v) is 28.9. The highest BCUT2D eigenvalue weighted by Crippen LogP contribution is 2.47. The molecule has 230 valence electrons. The Morgan fingerprint density at radius 3 is 0.952 bits per heavy atom. The summed E-state index contributed by atoms with van der Waals surface area (Å²) < 4.78 is 0. The van der Waals surface area contributed by atoms with Crippen LogP contribution in [0.25, 0.3) is 11.1 Å². The van der Waals surface area contributed by atoms with E-state index in [1.807, 2.05) is 0 Å². The zero-order valence-electron chi connectivity index (χ0n) is 28.9. The quantitative estimate of drug-likeness (QED) is 0.237. The van der Waals surface area contributed by atoms with Gasteiger partial charge in [-0.2, -0.15) is 0 Å². The summed E-state index contributed by atoms with van der Waals surface area (Å²) in [7, 11) is 0. The third-order valence-corrected chi connectivity index (χ3v) is 10.1. The highest BCUT2D eigenvalue weighted by atomic mass is 15.4. The number of hydrogen-bond acceptors (Lipinski definition) is 4. The van der Waals surface area contributed by atoms with Crippen LogP contribution < -0.4 is 19.6 Å². The van der Waals surface area contributed by atoms with Crippen molar-refractivity contribution in [2.45, 2.75) is 109 Å². The van der Waals surface area contributed by atoms with Crippen LogP contribution >= 0.6 is 0 Å². The number of benzene rings is 2. The normalized spacial score (nSPS) is 16.0. The van der Waals surface area contributed by atoms with Crippen LogP contribution in [0.5, 0.6) is 0 Å². The summed E-state index contributed by atoms with van der Waals surface area (Å²) in [6.07, 6.45) is 4.54. The van der Waals surface area contributed by atoms with E-state index >= 15 is 0 Å². The molecule has 0 saturated heterocycles. The minimum Gasteiger partial charge on any atom is -0.339 e. The first-order valence-electron chi connectivity index (χ1n) is 16.4. The van der Waals surface area contributed by atoms with Crippen LogP contribution in [0.4, 0.5) is 22.7 Å². The Hall–Kier alpha value is -2.36. The second-order valence-corrected chi connectivity index (χ2v) is 16.0. The summed E-state index contributed by atoms with van der Waals surface area (Å²) in [4.78, 5) is 9.49. The molecule has 0 amide bonds. The number of anilines is 4. The van der Waals surface area contributed by atoms with Crippen LogP contribution in [0.15, 0.2) is 36.4 Å². The standard InChI is InChI=1S/C38H58N4/c1-13-35(5,6)23-39-27-41(25-37(9,10)15-3)33-21-29(17-19-31(33)39)30-18-20-32-34(22-30)42(26-38(11,12)16-4)28-40(32)24-36(7,8)14-2/h17-22H,13-16,23-26H2,1-12H3. The SMILES string of the molecule is CCC(C)(C)CN1[C]N(CC(C)(C)CC)c2cc(-c3ccc4c(c3)N(CC(C)(C)CC)[C]N4CC(C)(C)CC)ccc21. The van der Waals surface area contributed by atoms with E-state index in [1.165, 1.54) is 33.9 Å². The van der Waals surface area contributed by atoms with Crippen molar-refractivity contribution in [2.75, 3.05) is 45.8 Å². The Labute approximate surface area is 259 Å². The van der Waals surface area contributed by atoms with Crippen molar-refractivity contribution in [2.24, 2.45) is 21.7 Å². The van der Waals surface area contributed by atoms with Gasteiger partial charge in [0, 0.05) is 26.2 Å². The van der Waals surface area contributed by atoms with E-state index in [2.05, 4.69) is 152 Å². The minimum absolute atomic E-state index is 0.206. The maximum atomic E-state index is 3.77. The number of rotatable bonds is 13. The van der Waals surface area contributed by atoms with Gasteiger partial charge in [0.15, 0.2) is 0 Å². The lowest BCUT2D eigenvalue weighted by Gasteiger charge is -2.32. The molecule has 0 unspecified atom stereocenters. The molecule has 4 nitrogen and oxygen atoms in total.